The molecule has 90 valence electrons. The van der Waals surface area contributed by atoms with Crippen LogP contribution in [0.3, 0.4) is 0 Å². The van der Waals surface area contributed by atoms with E-state index in [0.29, 0.717) is 11.6 Å². The molecule has 17 heavy (non-hydrogen) atoms. The van der Waals surface area contributed by atoms with E-state index in [1.165, 1.54) is 11.1 Å². The van der Waals surface area contributed by atoms with Crippen molar-refractivity contribution in [2.45, 2.75) is 39.5 Å². The number of benzene rings is 1. The van der Waals surface area contributed by atoms with Crippen molar-refractivity contribution < 1.29 is 0 Å². The van der Waals surface area contributed by atoms with Crippen LogP contribution in [0.1, 0.15) is 45.2 Å². The summed E-state index contributed by atoms with van der Waals surface area (Å²) in [5.41, 5.74) is 4.80. The topological polar surface area (TPSA) is 23.9 Å². The third kappa shape index (κ3) is 2.19. The largest absolute Gasteiger partial charge is 0.305 e. The van der Waals surface area contributed by atoms with Crippen molar-refractivity contribution in [3.8, 4) is 0 Å². The molecule has 1 heteroatoms. The Morgan fingerprint density at radius 3 is 2.59 bits per heavy atom. The van der Waals surface area contributed by atoms with Gasteiger partial charge in [-0.05, 0) is 30.4 Å². The molecule has 1 aliphatic rings. The van der Waals surface area contributed by atoms with E-state index in [4.69, 9.17) is 5.41 Å². The third-order valence-corrected chi connectivity index (χ3v) is 3.59. The molecule has 1 saturated carbocycles. The summed E-state index contributed by atoms with van der Waals surface area (Å²) in [7, 11) is 0. The number of allylic oxidation sites excluding steroid dienone is 2. The molecule has 0 radical (unpaired) electrons. The molecule has 0 amide bonds. The van der Waals surface area contributed by atoms with Crippen molar-refractivity contribution in [1.29, 1.82) is 5.41 Å². The third-order valence-electron chi connectivity index (χ3n) is 3.59. The predicted molar refractivity (Wildman–Crippen MR) is 73.8 cm³/mol. The Kier molecular flexibility index (Phi) is 2.94. The lowest BCUT2D eigenvalue weighted by Gasteiger charge is -2.14. The van der Waals surface area contributed by atoms with Gasteiger partial charge in [0.25, 0.3) is 0 Å². The fraction of sp³-hybridized carbons (Fsp3) is 0.438. The van der Waals surface area contributed by atoms with E-state index in [-0.39, 0.29) is 5.41 Å². The minimum absolute atomic E-state index is 0.184. The molecule has 1 atom stereocenters. The first kappa shape index (κ1) is 12.1. The van der Waals surface area contributed by atoms with E-state index < -0.39 is 0 Å². The van der Waals surface area contributed by atoms with Crippen molar-refractivity contribution in [2.75, 3.05) is 0 Å². The zero-order chi connectivity index (χ0) is 12.6. The summed E-state index contributed by atoms with van der Waals surface area (Å²) in [6.45, 7) is 8.61. The van der Waals surface area contributed by atoms with Gasteiger partial charge in [-0.15, -0.1) is 0 Å². The summed E-state index contributed by atoms with van der Waals surface area (Å²) in [6, 6.07) is 8.34. The number of hydrogen-bond acceptors (Lipinski definition) is 1. The van der Waals surface area contributed by atoms with Gasteiger partial charge in [0.1, 0.15) is 0 Å². The van der Waals surface area contributed by atoms with Crippen molar-refractivity contribution in [2.24, 2.45) is 5.92 Å². The van der Waals surface area contributed by atoms with Gasteiger partial charge in [-0.25, -0.2) is 0 Å². The molecule has 1 aromatic rings. The van der Waals surface area contributed by atoms with Gasteiger partial charge in [0, 0.05) is 11.1 Å². The van der Waals surface area contributed by atoms with E-state index in [2.05, 4.69) is 45.0 Å². The Morgan fingerprint density at radius 2 is 2.00 bits per heavy atom. The van der Waals surface area contributed by atoms with Crippen molar-refractivity contribution in [3.05, 3.63) is 47.0 Å². The van der Waals surface area contributed by atoms with Crippen LogP contribution in [0.4, 0.5) is 0 Å². The Morgan fingerprint density at radius 1 is 1.35 bits per heavy atom. The number of rotatable bonds is 3. The Balaban J connectivity index is 2.40. The SMILES string of the molecule is CC(=N)c1ccccc1C1(C)C/C1=C\C(C)C. The summed E-state index contributed by atoms with van der Waals surface area (Å²) >= 11 is 0. The minimum atomic E-state index is 0.184. The van der Waals surface area contributed by atoms with E-state index in [1.54, 1.807) is 0 Å². The molecule has 1 nitrogen and oxygen atoms in total. The molecule has 2 rings (SSSR count). The highest BCUT2D eigenvalue weighted by Gasteiger charge is 2.46. The molecular formula is C16H21N. The van der Waals surface area contributed by atoms with Crippen LogP contribution < -0.4 is 0 Å². The van der Waals surface area contributed by atoms with Gasteiger partial charge in [0.2, 0.25) is 0 Å². The molecule has 1 fully saturated rings. The Bertz CT molecular complexity index is 482. The zero-order valence-electron chi connectivity index (χ0n) is 11.2. The van der Waals surface area contributed by atoms with Crippen LogP contribution in [-0.2, 0) is 5.41 Å². The maximum absolute atomic E-state index is 7.87. The van der Waals surface area contributed by atoms with Crippen LogP contribution in [-0.4, -0.2) is 5.71 Å². The van der Waals surface area contributed by atoms with Gasteiger partial charge in [-0.2, -0.15) is 0 Å². The van der Waals surface area contributed by atoms with E-state index in [0.717, 1.165) is 12.0 Å². The lowest BCUT2D eigenvalue weighted by atomic mass is 9.90. The highest BCUT2D eigenvalue weighted by molar-refractivity contribution is 5.98. The quantitative estimate of drug-likeness (QED) is 0.587. The first-order valence-electron chi connectivity index (χ1n) is 6.31. The number of hydrogen-bond donors (Lipinski definition) is 1. The van der Waals surface area contributed by atoms with Crippen LogP contribution >= 0.6 is 0 Å². The number of nitrogens with one attached hydrogen (secondary N) is 1. The smallest absolute Gasteiger partial charge is 0.0358 e. The van der Waals surface area contributed by atoms with Crippen molar-refractivity contribution in [1.82, 2.24) is 0 Å². The van der Waals surface area contributed by atoms with E-state index in [1.807, 2.05) is 13.0 Å². The average Bonchev–Trinajstić information content (AvgIpc) is 2.89. The highest BCUT2D eigenvalue weighted by Crippen LogP contribution is 2.54. The van der Waals surface area contributed by atoms with Crippen LogP contribution in [0.5, 0.6) is 0 Å². The van der Waals surface area contributed by atoms with Crippen LogP contribution in [0.25, 0.3) is 0 Å². The average molecular weight is 227 g/mol. The standard InChI is InChI=1S/C16H21N/c1-11(2)9-13-10-16(13,4)15-8-6-5-7-14(15)12(3)17/h5-9,11,17H,10H2,1-4H3/b13-9+,17-12?. The molecule has 1 N–H and O–H groups in total. The van der Waals surface area contributed by atoms with Crippen molar-refractivity contribution >= 4 is 5.71 Å². The molecule has 0 aliphatic heterocycles. The van der Waals surface area contributed by atoms with E-state index >= 15 is 0 Å². The maximum atomic E-state index is 7.87. The molecule has 1 aliphatic carbocycles. The fourth-order valence-corrected chi connectivity index (χ4v) is 2.54. The summed E-state index contributed by atoms with van der Waals surface area (Å²) in [6.07, 6.45) is 3.52. The Labute approximate surface area is 104 Å². The fourth-order valence-electron chi connectivity index (χ4n) is 2.54. The van der Waals surface area contributed by atoms with Gasteiger partial charge < -0.3 is 5.41 Å². The monoisotopic (exact) mass is 227 g/mol. The van der Waals surface area contributed by atoms with Gasteiger partial charge in [0.15, 0.2) is 0 Å². The molecule has 0 saturated heterocycles. The molecule has 0 spiro atoms. The normalized spacial score (nSPS) is 25.4. The lowest BCUT2D eigenvalue weighted by Crippen LogP contribution is -2.08. The second-order valence-corrected chi connectivity index (χ2v) is 5.62. The molecule has 1 aromatic carbocycles. The predicted octanol–water partition coefficient (Wildman–Crippen LogP) is 4.32. The summed E-state index contributed by atoms with van der Waals surface area (Å²) in [4.78, 5) is 0. The van der Waals surface area contributed by atoms with Gasteiger partial charge in [-0.3, -0.25) is 0 Å². The van der Waals surface area contributed by atoms with Gasteiger partial charge in [-0.1, -0.05) is 56.7 Å². The Hall–Kier alpha value is -1.37. The minimum Gasteiger partial charge on any atom is -0.305 e. The van der Waals surface area contributed by atoms with Crippen molar-refractivity contribution in [3.63, 3.8) is 0 Å². The molecule has 1 unspecified atom stereocenters. The molecular weight excluding hydrogens is 206 g/mol. The first-order valence-corrected chi connectivity index (χ1v) is 6.31. The summed E-state index contributed by atoms with van der Waals surface area (Å²) in [5.74, 6) is 0.611. The second-order valence-electron chi connectivity index (χ2n) is 5.62. The first-order chi connectivity index (χ1) is 7.95. The van der Waals surface area contributed by atoms with Crippen LogP contribution in [0.15, 0.2) is 35.9 Å². The summed E-state index contributed by atoms with van der Waals surface area (Å²) in [5, 5.41) is 7.87. The molecule has 0 aromatic heterocycles. The summed E-state index contributed by atoms with van der Waals surface area (Å²) < 4.78 is 0. The zero-order valence-corrected chi connectivity index (χ0v) is 11.2. The van der Waals surface area contributed by atoms with Crippen LogP contribution in [0.2, 0.25) is 0 Å². The molecule has 0 heterocycles. The highest BCUT2D eigenvalue weighted by atomic mass is 14.5. The van der Waals surface area contributed by atoms with E-state index in [9.17, 15) is 0 Å². The molecule has 0 bridgehead atoms. The maximum Gasteiger partial charge on any atom is 0.0358 e. The lowest BCUT2D eigenvalue weighted by molar-refractivity contribution is 0.795. The van der Waals surface area contributed by atoms with Gasteiger partial charge >= 0.3 is 0 Å². The second kappa shape index (κ2) is 4.14. The van der Waals surface area contributed by atoms with Gasteiger partial charge in [0.05, 0.1) is 0 Å². The van der Waals surface area contributed by atoms with Crippen LogP contribution in [0, 0.1) is 11.3 Å².